The number of halogens is 2. The van der Waals surface area contributed by atoms with Crippen molar-refractivity contribution in [1.29, 1.82) is 0 Å². The molecule has 0 aliphatic rings. The molecular weight excluding hydrogens is 324 g/mol. The Balaban J connectivity index is 2.10. The van der Waals surface area contributed by atoms with Crippen molar-refractivity contribution in [2.24, 2.45) is 0 Å². The van der Waals surface area contributed by atoms with Crippen LogP contribution in [0.5, 0.6) is 0 Å². The Kier molecular flexibility index (Phi) is 4.07. The fourth-order valence-corrected chi connectivity index (χ4v) is 2.24. The second-order valence-electron chi connectivity index (χ2n) is 4.94. The van der Waals surface area contributed by atoms with E-state index in [0.717, 1.165) is 12.1 Å². The molecule has 2 heterocycles. The van der Waals surface area contributed by atoms with Crippen LogP contribution in [0.15, 0.2) is 33.8 Å². The van der Waals surface area contributed by atoms with Crippen LogP contribution in [0.25, 0.3) is 22.4 Å². The Labute approximate surface area is 133 Å². The van der Waals surface area contributed by atoms with E-state index in [0.29, 0.717) is 6.07 Å². The van der Waals surface area contributed by atoms with E-state index in [1.165, 1.54) is 18.0 Å². The molecule has 0 radical (unpaired) electrons. The van der Waals surface area contributed by atoms with Gasteiger partial charge in [-0.1, -0.05) is 5.16 Å². The van der Waals surface area contributed by atoms with Crippen molar-refractivity contribution in [3.8, 4) is 11.3 Å². The third-order valence-electron chi connectivity index (χ3n) is 3.38. The van der Waals surface area contributed by atoms with Crippen LogP contribution in [-0.4, -0.2) is 27.8 Å². The van der Waals surface area contributed by atoms with Gasteiger partial charge in [0.05, 0.1) is 13.5 Å². The van der Waals surface area contributed by atoms with Crippen LogP contribution in [0.3, 0.4) is 0 Å². The molecule has 0 amide bonds. The lowest BCUT2D eigenvalue weighted by molar-refractivity contribution is -0.140. The molecule has 0 aliphatic carbocycles. The van der Waals surface area contributed by atoms with Gasteiger partial charge in [0, 0.05) is 18.2 Å². The zero-order valence-corrected chi connectivity index (χ0v) is 12.5. The molecule has 0 atom stereocenters. The molecule has 1 aromatic carbocycles. The molecule has 0 saturated carbocycles. The van der Waals surface area contributed by atoms with Gasteiger partial charge in [-0.05, 0) is 12.1 Å². The van der Waals surface area contributed by atoms with Gasteiger partial charge in [0.25, 0.3) is 11.3 Å². The van der Waals surface area contributed by atoms with Crippen molar-refractivity contribution in [3.05, 3.63) is 46.5 Å². The number of methoxy groups -OCH3 is 1. The first-order chi connectivity index (χ1) is 11.5. The number of hydrogen-bond donors (Lipinski definition) is 0. The summed E-state index contributed by atoms with van der Waals surface area (Å²) in [6.07, 6.45) is 1.17. The topological polar surface area (TPSA) is 87.2 Å². The van der Waals surface area contributed by atoms with Crippen molar-refractivity contribution < 1.29 is 22.8 Å². The van der Waals surface area contributed by atoms with E-state index in [4.69, 9.17) is 4.52 Å². The highest BCUT2D eigenvalue weighted by molar-refractivity contribution is 5.88. The van der Waals surface area contributed by atoms with Gasteiger partial charge in [-0.15, -0.1) is 0 Å². The number of carbonyl (C=O) groups is 1. The van der Waals surface area contributed by atoms with Gasteiger partial charge in [0.2, 0.25) is 0 Å². The summed E-state index contributed by atoms with van der Waals surface area (Å²) in [6, 6.07) is 2.77. The lowest BCUT2D eigenvalue weighted by Crippen LogP contribution is -2.22. The fraction of sp³-hybridized carbons (Fsp3) is 0.200. The fourth-order valence-electron chi connectivity index (χ4n) is 2.24. The largest absolute Gasteiger partial charge is 0.469 e. The van der Waals surface area contributed by atoms with Crippen molar-refractivity contribution in [1.82, 2.24) is 14.7 Å². The number of ether oxygens (including phenoxy) is 1. The molecule has 0 saturated heterocycles. The van der Waals surface area contributed by atoms with Gasteiger partial charge >= 0.3 is 5.97 Å². The van der Waals surface area contributed by atoms with E-state index in [2.05, 4.69) is 14.9 Å². The molecule has 0 aliphatic heterocycles. The molecule has 0 N–H and O–H groups in total. The molecular formula is C15H11F2N3O4. The highest BCUT2D eigenvalue weighted by Crippen LogP contribution is 2.25. The van der Waals surface area contributed by atoms with Crippen molar-refractivity contribution in [3.63, 3.8) is 0 Å². The summed E-state index contributed by atoms with van der Waals surface area (Å²) in [5, 5.41) is 3.66. The number of nitrogens with zero attached hydrogens (tertiary/aromatic N) is 3. The molecule has 9 heteroatoms. The maximum Gasteiger partial charge on any atom is 0.307 e. The van der Waals surface area contributed by atoms with Gasteiger partial charge in [-0.2, -0.15) is 0 Å². The van der Waals surface area contributed by atoms with Crippen molar-refractivity contribution >= 4 is 17.1 Å². The Morgan fingerprint density at radius 2 is 2.00 bits per heavy atom. The van der Waals surface area contributed by atoms with Crippen LogP contribution in [0.1, 0.15) is 6.42 Å². The molecule has 124 valence electrons. The highest BCUT2D eigenvalue weighted by atomic mass is 19.1. The minimum Gasteiger partial charge on any atom is -0.469 e. The molecule has 3 aromatic rings. The minimum absolute atomic E-state index is 0.0201. The Hall–Kier alpha value is -3.10. The molecule has 24 heavy (non-hydrogen) atoms. The monoisotopic (exact) mass is 335 g/mol. The average molecular weight is 335 g/mol. The first kappa shape index (κ1) is 15.8. The van der Waals surface area contributed by atoms with E-state index in [1.807, 2.05) is 0 Å². The number of benzene rings is 1. The van der Waals surface area contributed by atoms with Gasteiger partial charge in [-0.25, -0.2) is 13.8 Å². The summed E-state index contributed by atoms with van der Waals surface area (Å²) >= 11 is 0. The number of hydrogen-bond acceptors (Lipinski definition) is 6. The average Bonchev–Trinajstić information content (AvgIpc) is 2.98. The number of carbonyl (C=O) groups excluding carboxylic acids is 1. The molecule has 0 fully saturated rings. The number of esters is 1. The minimum atomic E-state index is -0.809. The van der Waals surface area contributed by atoms with Crippen LogP contribution in [0.2, 0.25) is 0 Å². The van der Waals surface area contributed by atoms with Crippen LogP contribution in [-0.2, 0) is 16.1 Å². The predicted molar refractivity (Wildman–Crippen MR) is 78.0 cm³/mol. The number of aromatic nitrogens is 3. The number of fused-ring (bicyclic) bond motifs is 1. The molecule has 0 unspecified atom stereocenters. The molecule has 0 spiro atoms. The van der Waals surface area contributed by atoms with Gasteiger partial charge in [0.15, 0.2) is 0 Å². The lowest BCUT2D eigenvalue weighted by Gasteiger charge is -2.04. The van der Waals surface area contributed by atoms with Crippen molar-refractivity contribution in [2.75, 3.05) is 7.11 Å². The smallest absolute Gasteiger partial charge is 0.307 e. The Morgan fingerprint density at radius 1 is 1.29 bits per heavy atom. The zero-order valence-electron chi connectivity index (χ0n) is 12.5. The van der Waals surface area contributed by atoms with Crippen LogP contribution in [0.4, 0.5) is 8.78 Å². The molecule has 2 aromatic heterocycles. The normalized spacial score (nSPS) is 11.0. The zero-order chi connectivity index (χ0) is 17.3. The van der Waals surface area contributed by atoms with E-state index < -0.39 is 23.2 Å². The first-order valence-corrected chi connectivity index (χ1v) is 6.87. The summed E-state index contributed by atoms with van der Waals surface area (Å²) in [5.41, 5.74) is -0.567. The summed E-state index contributed by atoms with van der Waals surface area (Å²) in [7, 11) is 1.24. The van der Waals surface area contributed by atoms with E-state index in [1.54, 1.807) is 0 Å². The van der Waals surface area contributed by atoms with E-state index >= 15 is 0 Å². The highest BCUT2D eigenvalue weighted by Gasteiger charge is 2.18. The standard InChI is InChI=1S/C15H11F2N3O4/c1-23-11(21)2-3-20-7-18-14-12(15(20)22)13(19-24-14)8-4-9(16)6-10(17)5-8/h4-7H,2-3H2,1H3. The predicted octanol–water partition coefficient (Wildman–Crippen LogP) is 1.89. The maximum absolute atomic E-state index is 13.4. The second kappa shape index (κ2) is 6.19. The van der Waals surface area contributed by atoms with Crippen LogP contribution < -0.4 is 5.56 Å². The van der Waals surface area contributed by atoms with Crippen LogP contribution >= 0.6 is 0 Å². The molecule has 3 rings (SSSR count). The Bertz CT molecular complexity index is 960. The van der Waals surface area contributed by atoms with Gasteiger partial charge in [-0.3, -0.25) is 14.2 Å². The quantitative estimate of drug-likeness (QED) is 0.677. The summed E-state index contributed by atoms with van der Waals surface area (Å²) < 4.78 is 37.4. The third-order valence-corrected chi connectivity index (χ3v) is 3.38. The SMILES string of the molecule is COC(=O)CCn1cnc2onc(-c3cc(F)cc(F)c3)c2c1=O. The molecule has 0 bridgehead atoms. The number of aryl methyl sites for hydroxylation is 1. The Morgan fingerprint density at radius 3 is 2.67 bits per heavy atom. The van der Waals surface area contributed by atoms with Gasteiger partial charge in [0.1, 0.15) is 29.0 Å². The second-order valence-corrected chi connectivity index (χ2v) is 4.94. The molecule has 7 nitrogen and oxygen atoms in total. The third kappa shape index (κ3) is 2.87. The summed E-state index contributed by atoms with van der Waals surface area (Å²) in [4.78, 5) is 27.7. The summed E-state index contributed by atoms with van der Waals surface area (Å²) in [6.45, 7) is 0.0383. The van der Waals surface area contributed by atoms with Crippen molar-refractivity contribution in [2.45, 2.75) is 13.0 Å². The maximum atomic E-state index is 13.4. The van der Waals surface area contributed by atoms with Gasteiger partial charge < -0.3 is 9.26 Å². The number of rotatable bonds is 4. The summed E-state index contributed by atoms with van der Waals surface area (Å²) in [5.74, 6) is -2.10. The van der Waals surface area contributed by atoms with Crippen LogP contribution in [0, 0.1) is 11.6 Å². The first-order valence-electron chi connectivity index (χ1n) is 6.87. The van der Waals surface area contributed by atoms with E-state index in [-0.39, 0.29) is 35.3 Å². The van der Waals surface area contributed by atoms with E-state index in [9.17, 15) is 18.4 Å². The lowest BCUT2D eigenvalue weighted by atomic mass is 10.1.